The Balaban J connectivity index is 1.32. The van der Waals surface area contributed by atoms with Crippen molar-refractivity contribution in [1.29, 1.82) is 0 Å². The fourth-order valence-corrected chi connectivity index (χ4v) is 5.67. The van der Waals surface area contributed by atoms with E-state index in [1.54, 1.807) is 0 Å². The Hall–Kier alpha value is -2.30. The summed E-state index contributed by atoms with van der Waals surface area (Å²) >= 11 is 0. The molecule has 1 N–H and O–H groups in total. The Morgan fingerprint density at radius 2 is 1.56 bits per heavy atom. The van der Waals surface area contributed by atoms with Crippen molar-refractivity contribution in [3.05, 3.63) is 35.5 Å². The Morgan fingerprint density at radius 3 is 2.25 bits per heavy atom. The molecule has 1 aromatic heterocycles. The van der Waals surface area contributed by atoms with E-state index < -0.39 is 5.54 Å². The van der Waals surface area contributed by atoms with Crippen molar-refractivity contribution < 1.29 is 9.59 Å². The van der Waals surface area contributed by atoms with Gasteiger partial charge in [0, 0.05) is 29.6 Å². The summed E-state index contributed by atoms with van der Waals surface area (Å²) < 4.78 is 0. The first kappa shape index (κ1) is 22.9. The number of hydrogen-bond acceptors (Lipinski definition) is 2. The number of nitrogens with zero attached hydrogens (tertiary/aromatic N) is 2. The quantitative estimate of drug-likeness (QED) is 0.322. The largest absolute Gasteiger partial charge is 0.356 e. The summed E-state index contributed by atoms with van der Waals surface area (Å²) in [5.41, 5.74) is 2.80. The van der Waals surface area contributed by atoms with Gasteiger partial charge in [-0.1, -0.05) is 82.9 Å². The van der Waals surface area contributed by atoms with Crippen LogP contribution in [0.4, 0.5) is 4.79 Å². The van der Waals surface area contributed by atoms with E-state index in [2.05, 4.69) is 37.9 Å². The lowest BCUT2D eigenvalue weighted by Crippen LogP contribution is -2.52. The van der Waals surface area contributed by atoms with Gasteiger partial charge in [0.2, 0.25) is 0 Å². The van der Waals surface area contributed by atoms with E-state index in [-0.39, 0.29) is 18.0 Å². The van der Waals surface area contributed by atoms with Crippen LogP contribution in [0.15, 0.2) is 24.3 Å². The van der Waals surface area contributed by atoms with Crippen LogP contribution in [0.2, 0.25) is 0 Å². The van der Waals surface area contributed by atoms with Crippen LogP contribution in [0.25, 0.3) is 10.9 Å². The molecule has 5 heteroatoms. The number of imide groups is 1. The Bertz CT molecular complexity index is 961. The maximum absolute atomic E-state index is 13.3. The van der Waals surface area contributed by atoms with Crippen molar-refractivity contribution in [1.82, 2.24) is 14.8 Å². The highest BCUT2D eigenvalue weighted by molar-refractivity contribution is 6.05. The number of aromatic amines is 1. The van der Waals surface area contributed by atoms with Gasteiger partial charge in [0.1, 0.15) is 6.04 Å². The average molecular weight is 438 g/mol. The van der Waals surface area contributed by atoms with Gasteiger partial charge in [-0.15, -0.1) is 0 Å². The first-order chi connectivity index (χ1) is 15.5. The summed E-state index contributed by atoms with van der Waals surface area (Å²) in [5.74, 6) is -0.0186. The second-order valence-electron chi connectivity index (χ2n) is 10.1. The minimum atomic E-state index is -0.531. The minimum absolute atomic E-state index is 0.0186. The number of carbonyl (C=O) groups excluding carboxylic acids is 2. The van der Waals surface area contributed by atoms with Gasteiger partial charge in [-0.05, 0) is 31.9 Å². The summed E-state index contributed by atoms with van der Waals surface area (Å²) in [6.07, 6.45) is 13.1. The number of para-hydroxylation sites is 1. The summed E-state index contributed by atoms with van der Waals surface area (Å²) in [4.78, 5) is 33.4. The first-order valence-corrected chi connectivity index (χ1v) is 12.7. The monoisotopic (exact) mass is 437 g/mol. The van der Waals surface area contributed by atoms with Crippen LogP contribution in [0.1, 0.15) is 96.2 Å². The van der Waals surface area contributed by atoms with Crippen molar-refractivity contribution in [3.63, 3.8) is 0 Å². The van der Waals surface area contributed by atoms with E-state index in [4.69, 9.17) is 0 Å². The van der Waals surface area contributed by atoms with E-state index in [9.17, 15) is 9.59 Å². The maximum Gasteiger partial charge on any atom is 0.328 e. The van der Waals surface area contributed by atoms with Gasteiger partial charge in [0.25, 0.3) is 5.91 Å². The highest BCUT2D eigenvalue weighted by atomic mass is 16.2. The number of H-pyrrole nitrogens is 1. The molecule has 1 aromatic carbocycles. The fraction of sp³-hybridized carbons (Fsp3) is 0.630. The molecule has 0 unspecified atom stereocenters. The highest BCUT2D eigenvalue weighted by Crippen LogP contribution is 2.44. The van der Waals surface area contributed by atoms with Gasteiger partial charge >= 0.3 is 6.03 Å². The molecule has 1 atom stereocenters. The van der Waals surface area contributed by atoms with E-state index >= 15 is 0 Å². The molecule has 32 heavy (non-hydrogen) atoms. The summed E-state index contributed by atoms with van der Waals surface area (Å²) in [6, 6.07) is 7.73. The first-order valence-electron chi connectivity index (χ1n) is 12.7. The molecule has 1 fully saturated rings. The van der Waals surface area contributed by atoms with Crippen molar-refractivity contribution in [2.45, 2.75) is 103 Å². The third-order valence-electron chi connectivity index (χ3n) is 7.46. The van der Waals surface area contributed by atoms with Crippen molar-refractivity contribution >= 4 is 22.8 Å². The number of aromatic nitrogens is 1. The van der Waals surface area contributed by atoms with Crippen LogP contribution in [0, 0.1) is 0 Å². The maximum atomic E-state index is 13.3. The molecule has 0 radical (unpaired) electrons. The number of amides is 3. The molecular weight excluding hydrogens is 398 g/mol. The van der Waals surface area contributed by atoms with Crippen molar-refractivity contribution in [3.8, 4) is 0 Å². The van der Waals surface area contributed by atoms with Crippen LogP contribution in [-0.4, -0.2) is 39.3 Å². The Kier molecular flexibility index (Phi) is 6.92. The lowest BCUT2D eigenvalue weighted by atomic mass is 9.85. The van der Waals surface area contributed by atoms with Gasteiger partial charge in [-0.3, -0.25) is 9.69 Å². The molecule has 0 saturated carbocycles. The van der Waals surface area contributed by atoms with E-state index in [1.165, 1.54) is 67.2 Å². The number of rotatable bonds is 11. The lowest BCUT2D eigenvalue weighted by molar-refractivity contribution is -0.129. The van der Waals surface area contributed by atoms with E-state index in [0.29, 0.717) is 13.0 Å². The summed E-state index contributed by atoms with van der Waals surface area (Å²) in [5, 5.41) is 1.17. The number of nitrogens with one attached hydrogen (secondary N) is 1. The summed E-state index contributed by atoms with van der Waals surface area (Å²) in [7, 11) is 0. The molecule has 2 aromatic rings. The molecule has 1 saturated heterocycles. The second-order valence-corrected chi connectivity index (χ2v) is 10.1. The lowest BCUT2D eigenvalue weighted by Gasteiger charge is -2.42. The Morgan fingerprint density at radius 1 is 0.938 bits per heavy atom. The summed E-state index contributed by atoms with van der Waals surface area (Å²) in [6.45, 7) is 6.92. The SMILES string of the molecule is CCCCCCCCCCCCN1C(=O)[C@@H]2Cc3c([nH]c4ccccc34)C(C)(C)N2C1=O. The normalized spacial score (nSPS) is 19.7. The van der Waals surface area contributed by atoms with Crippen LogP contribution in [-0.2, 0) is 16.8 Å². The predicted molar refractivity (Wildman–Crippen MR) is 130 cm³/mol. The zero-order chi connectivity index (χ0) is 22.7. The van der Waals surface area contributed by atoms with Crippen LogP contribution < -0.4 is 0 Å². The number of carbonyl (C=O) groups is 2. The smallest absolute Gasteiger partial charge is 0.328 e. The number of urea groups is 1. The minimum Gasteiger partial charge on any atom is -0.356 e. The van der Waals surface area contributed by atoms with Gasteiger partial charge in [-0.2, -0.15) is 0 Å². The van der Waals surface area contributed by atoms with Crippen LogP contribution in [0.3, 0.4) is 0 Å². The number of fused-ring (bicyclic) bond motifs is 4. The van der Waals surface area contributed by atoms with Gasteiger partial charge < -0.3 is 9.88 Å². The molecule has 0 bridgehead atoms. The average Bonchev–Trinajstić information content (AvgIpc) is 3.27. The molecule has 0 spiro atoms. The molecule has 3 heterocycles. The number of benzene rings is 1. The van der Waals surface area contributed by atoms with Crippen LogP contribution >= 0.6 is 0 Å². The third-order valence-corrected chi connectivity index (χ3v) is 7.46. The Labute approximate surface area is 192 Å². The van der Waals surface area contributed by atoms with E-state index in [1.807, 2.05) is 17.0 Å². The second kappa shape index (κ2) is 9.68. The molecule has 174 valence electrons. The standard InChI is InChI=1S/C27H39N3O2/c1-4-5-6-7-8-9-10-11-12-15-18-29-25(31)23-19-21-20-16-13-14-17-22(20)28-24(21)27(2,3)30(23)26(29)32/h13-14,16-17,23,28H,4-12,15,18-19H2,1-3H3/t23-/m0/s1. The molecule has 2 aliphatic heterocycles. The molecule has 5 nitrogen and oxygen atoms in total. The highest BCUT2D eigenvalue weighted by Gasteiger charge is 2.55. The number of hydrogen-bond donors (Lipinski definition) is 1. The molecular formula is C27H39N3O2. The molecule has 4 rings (SSSR count). The predicted octanol–water partition coefficient (Wildman–Crippen LogP) is 6.51. The van der Waals surface area contributed by atoms with Crippen molar-refractivity contribution in [2.24, 2.45) is 0 Å². The zero-order valence-corrected chi connectivity index (χ0v) is 20.1. The van der Waals surface area contributed by atoms with Gasteiger partial charge in [0.05, 0.1) is 5.54 Å². The fourth-order valence-electron chi connectivity index (χ4n) is 5.67. The molecule has 0 aliphatic carbocycles. The molecule has 3 amide bonds. The molecule has 2 aliphatic rings. The topological polar surface area (TPSA) is 56.4 Å². The van der Waals surface area contributed by atoms with E-state index in [0.717, 1.165) is 24.1 Å². The van der Waals surface area contributed by atoms with Crippen LogP contribution in [0.5, 0.6) is 0 Å². The number of unbranched alkanes of at least 4 members (excludes halogenated alkanes) is 9. The van der Waals surface area contributed by atoms with Gasteiger partial charge in [0.15, 0.2) is 0 Å². The third kappa shape index (κ3) is 4.18. The van der Waals surface area contributed by atoms with Gasteiger partial charge in [-0.25, -0.2) is 4.79 Å². The zero-order valence-electron chi connectivity index (χ0n) is 20.1. The van der Waals surface area contributed by atoms with Crippen molar-refractivity contribution in [2.75, 3.05) is 6.54 Å².